The maximum atomic E-state index is 14.2. The molecule has 1 spiro atoms. The number of nitrogens with zero attached hydrogens (tertiary/aromatic N) is 2. The lowest BCUT2D eigenvalue weighted by Crippen LogP contribution is -2.57. The van der Waals surface area contributed by atoms with E-state index < -0.39 is 30.2 Å². The number of piperidine rings is 1. The number of amides is 2. The Hall–Kier alpha value is -1.92. The van der Waals surface area contributed by atoms with Crippen molar-refractivity contribution >= 4 is 11.8 Å². The molecule has 5 nitrogen and oxygen atoms in total. The Labute approximate surface area is 133 Å². The third-order valence-electron chi connectivity index (χ3n) is 4.80. The maximum Gasteiger partial charge on any atom is 0.266 e. The van der Waals surface area contributed by atoms with Gasteiger partial charge in [-0.25, -0.2) is 8.78 Å². The van der Waals surface area contributed by atoms with Crippen LogP contribution in [0.1, 0.15) is 34.7 Å². The average Bonchev–Trinajstić information content (AvgIpc) is 2.91. The third-order valence-corrected chi connectivity index (χ3v) is 4.80. The lowest BCUT2D eigenvalue weighted by molar-refractivity contribution is -0.150. The lowest BCUT2D eigenvalue weighted by atomic mass is 9.76. The topological polar surface area (TPSA) is 53.8 Å². The van der Waals surface area contributed by atoms with Crippen molar-refractivity contribution in [2.24, 2.45) is 5.41 Å². The molecule has 1 atom stereocenters. The van der Waals surface area contributed by atoms with Crippen molar-refractivity contribution in [3.05, 3.63) is 23.2 Å². The number of furan rings is 1. The van der Waals surface area contributed by atoms with Crippen LogP contribution in [0.2, 0.25) is 0 Å². The number of rotatable bonds is 1. The molecule has 0 radical (unpaired) electrons. The summed E-state index contributed by atoms with van der Waals surface area (Å²) in [6.45, 7) is 3.15. The highest BCUT2D eigenvalue weighted by Crippen LogP contribution is 2.45. The first kappa shape index (κ1) is 16.0. The smallest absolute Gasteiger partial charge is 0.266 e. The fraction of sp³-hybridized carbons (Fsp3) is 0.625. The fourth-order valence-corrected chi connectivity index (χ4v) is 3.77. The zero-order chi connectivity index (χ0) is 17.0. The van der Waals surface area contributed by atoms with Gasteiger partial charge in [0.1, 0.15) is 11.5 Å². The van der Waals surface area contributed by atoms with Gasteiger partial charge in [-0.3, -0.25) is 9.59 Å². The Kier molecular flexibility index (Phi) is 3.50. The van der Waals surface area contributed by atoms with Crippen LogP contribution in [-0.4, -0.2) is 54.2 Å². The number of halogens is 2. The first-order valence-corrected chi connectivity index (χ1v) is 7.63. The van der Waals surface area contributed by atoms with Crippen LogP contribution < -0.4 is 0 Å². The SMILES string of the molecule is Cc1cc(C(=O)N2CC(F)(F)C[C@]3(CCN(C)C3=O)C2)c(C)o1. The molecule has 3 rings (SSSR count). The van der Waals surface area contributed by atoms with E-state index in [-0.39, 0.29) is 18.0 Å². The summed E-state index contributed by atoms with van der Waals surface area (Å²) in [4.78, 5) is 27.6. The molecule has 3 heterocycles. The monoisotopic (exact) mass is 326 g/mol. The molecule has 0 unspecified atom stereocenters. The zero-order valence-electron chi connectivity index (χ0n) is 13.5. The molecule has 2 aliphatic heterocycles. The van der Waals surface area contributed by atoms with Gasteiger partial charge in [-0.05, 0) is 26.3 Å². The predicted molar refractivity (Wildman–Crippen MR) is 78.3 cm³/mol. The number of alkyl halides is 2. The molecule has 1 aromatic heterocycles. The van der Waals surface area contributed by atoms with Crippen LogP contribution in [0.3, 0.4) is 0 Å². The number of hydrogen-bond donors (Lipinski definition) is 0. The molecule has 2 saturated heterocycles. The highest BCUT2D eigenvalue weighted by Gasteiger charge is 2.57. The molecule has 126 valence electrons. The van der Waals surface area contributed by atoms with Gasteiger partial charge in [0, 0.05) is 26.6 Å². The van der Waals surface area contributed by atoms with Gasteiger partial charge in [0.05, 0.1) is 17.5 Å². The molecule has 2 fully saturated rings. The third kappa shape index (κ3) is 2.62. The first-order valence-electron chi connectivity index (χ1n) is 7.63. The molecular weight excluding hydrogens is 306 g/mol. The highest BCUT2D eigenvalue weighted by atomic mass is 19.3. The molecule has 23 heavy (non-hydrogen) atoms. The molecule has 0 saturated carbocycles. The first-order chi connectivity index (χ1) is 10.6. The average molecular weight is 326 g/mol. The second-order valence-electron chi connectivity index (χ2n) is 6.78. The Balaban J connectivity index is 1.92. The fourth-order valence-electron chi connectivity index (χ4n) is 3.77. The van der Waals surface area contributed by atoms with Crippen LogP contribution in [0, 0.1) is 19.3 Å². The standard InChI is InChI=1S/C16H20F2N2O3/c1-10-6-12(11(2)23-10)13(21)20-8-15(7-16(17,18)9-20)4-5-19(3)14(15)22/h6H,4-5,7-9H2,1-3H3/t15-/m1/s1. The summed E-state index contributed by atoms with van der Waals surface area (Å²) < 4.78 is 33.8. The highest BCUT2D eigenvalue weighted by molar-refractivity contribution is 5.96. The van der Waals surface area contributed by atoms with Gasteiger partial charge in [0.2, 0.25) is 5.91 Å². The molecule has 0 bridgehead atoms. The van der Waals surface area contributed by atoms with Gasteiger partial charge in [-0.1, -0.05) is 0 Å². The van der Waals surface area contributed by atoms with E-state index in [1.807, 2.05) is 0 Å². The molecule has 2 aliphatic rings. The van der Waals surface area contributed by atoms with Crippen molar-refractivity contribution in [1.29, 1.82) is 0 Å². The summed E-state index contributed by atoms with van der Waals surface area (Å²) in [5, 5.41) is 0. The molecular formula is C16H20F2N2O3. The second-order valence-corrected chi connectivity index (χ2v) is 6.78. The maximum absolute atomic E-state index is 14.2. The van der Waals surface area contributed by atoms with Gasteiger partial charge < -0.3 is 14.2 Å². The summed E-state index contributed by atoms with van der Waals surface area (Å²) in [6.07, 6.45) is -0.137. The van der Waals surface area contributed by atoms with E-state index in [0.717, 1.165) is 4.90 Å². The van der Waals surface area contributed by atoms with Gasteiger partial charge in [-0.15, -0.1) is 0 Å². The van der Waals surface area contributed by atoms with Gasteiger partial charge in [0.15, 0.2) is 0 Å². The van der Waals surface area contributed by atoms with Gasteiger partial charge >= 0.3 is 0 Å². The molecule has 0 aliphatic carbocycles. The largest absolute Gasteiger partial charge is 0.466 e. The molecule has 0 aromatic carbocycles. The summed E-state index contributed by atoms with van der Waals surface area (Å²) in [7, 11) is 1.61. The number of likely N-dealkylation sites (tertiary alicyclic amines) is 2. The number of carbonyl (C=O) groups excluding carboxylic acids is 2. The zero-order valence-corrected chi connectivity index (χ0v) is 13.5. The number of aryl methyl sites for hydroxylation is 2. The van der Waals surface area contributed by atoms with Crippen molar-refractivity contribution in [3.63, 3.8) is 0 Å². The van der Waals surface area contributed by atoms with Crippen molar-refractivity contribution in [2.45, 2.75) is 32.6 Å². The van der Waals surface area contributed by atoms with E-state index >= 15 is 0 Å². The summed E-state index contributed by atoms with van der Waals surface area (Å²) in [5.41, 5.74) is -0.882. The van der Waals surface area contributed by atoms with Crippen LogP contribution in [0.25, 0.3) is 0 Å². The van der Waals surface area contributed by atoms with Crippen molar-refractivity contribution < 1.29 is 22.8 Å². The summed E-state index contributed by atoms with van der Waals surface area (Å²) >= 11 is 0. The van der Waals surface area contributed by atoms with Crippen molar-refractivity contribution in [3.8, 4) is 0 Å². The van der Waals surface area contributed by atoms with E-state index in [4.69, 9.17) is 4.42 Å². The number of carbonyl (C=O) groups is 2. The van der Waals surface area contributed by atoms with Crippen LogP contribution >= 0.6 is 0 Å². The minimum Gasteiger partial charge on any atom is -0.466 e. The van der Waals surface area contributed by atoms with E-state index in [0.29, 0.717) is 24.5 Å². The molecule has 7 heteroatoms. The second kappa shape index (κ2) is 5.04. The quantitative estimate of drug-likeness (QED) is 0.795. The molecule has 2 amide bonds. The normalized spacial score (nSPS) is 27.1. The Bertz CT molecular complexity index is 670. The molecule has 1 aromatic rings. The van der Waals surface area contributed by atoms with Crippen LogP contribution in [0.4, 0.5) is 8.78 Å². The minimum absolute atomic E-state index is 0.0360. The molecule has 0 N–H and O–H groups in total. The Morgan fingerprint density at radius 3 is 2.52 bits per heavy atom. The van der Waals surface area contributed by atoms with Crippen LogP contribution in [0.15, 0.2) is 10.5 Å². The van der Waals surface area contributed by atoms with Gasteiger partial charge in [0.25, 0.3) is 11.8 Å². The van der Waals surface area contributed by atoms with Crippen molar-refractivity contribution in [1.82, 2.24) is 9.80 Å². The summed E-state index contributed by atoms with van der Waals surface area (Å²) in [5.74, 6) is -2.90. The van der Waals surface area contributed by atoms with Crippen molar-refractivity contribution in [2.75, 3.05) is 26.7 Å². The predicted octanol–water partition coefficient (Wildman–Crippen LogP) is 2.23. The van der Waals surface area contributed by atoms with Gasteiger partial charge in [-0.2, -0.15) is 0 Å². The van der Waals surface area contributed by atoms with E-state index in [2.05, 4.69) is 0 Å². The lowest BCUT2D eigenvalue weighted by Gasteiger charge is -2.42. The Morgan fingerprint density at radius 2 is 2.00 bits per heavy atom. The minimum atomic E-state index is -3.07. The van der Waals surface area contributed by atoms with Crippen LogP contribution in [0.5, 0.6) is 0 Å². The van der Waals surface area contributed by atoms with Crippen LogP contribution in [-0.2, 0) is 4.79 Å². The van der Waals surface area contributed by atoms with E-state index in [1.54, 1.807) is 27.0 Å². The van der Waals surface area contributed by atoms with E-state index in [1.165, 1.54) is 4.90 Å². The number of hydrogen-bond acceptors (Lipinski definition) is 3. The van der Waals surface area contributed by atoms with E-state index in [9.17, 15) is 18.4 Å². The summed E-state index contributed by atoms with van der Waals surface area (Å²) in [6, 6.07) is 1.56. The Morgan fingerprint density at radius 1 is 1.30 bits per heavy atom.